The summed E-state index contributed by atoms with van der Waals surface area (Å²) in [6.45, 7) is 12.7. The Balaban J connectivity index is 0.00000225. The van der Waals surface area contributed by atoms with Gasteiger partial charge in [-0.25, -0.2) is 0 Å². The molecule has 0 radical (unpaired) electrons. The molecular weight excluding hydrogens is 427 g/mol. The third-order valence-corrected chi connectivity index (χ3v) is 6.16. The minimum absolute atomic E-state index is 0. The number of piperidine rings is 1. The highest BCUT2D eigenvalue weighted by atomic mass is 127. The van der Waals surface area contributed by atoms with Crippen LogP contribution in [0.4, 0.5) is 0 Å². The molecular formula is C19H35IN4O. The van der Waals surface area contributed by atoms with Gasteiger partial charge in [0.15, 0.2) is 5.96 Å². The lowest BCUT2D eigenvalue weighted by Gasteiger charge is -2.60. The van der Waals surface area contributed by atoms with Crippen LogP contribution in [0.15, 0.2) is 17.6 Å². The average Bonchev–Trinajstić information content (AvgIpc) is 2.60. The fourth-order valence-electron chi connectivity index (χ4n) is 4.77. The van der Waals surface area contributed by atoms with Crippen molar-refractivity contribution in [3.05, 3.63) is 12.7 Å². The number of hydrogen-bond acceptors (Lipinski definition) is 3. The predicted molar refractivity (Wildman–Crippen MR) is 115 cm³/mol. The van der Waals surface area contributed by atoms with Crippen molar-refractivity contribution in [1.82, 2.24) is 15.5 Å². The lowest BCUT2D eigenvalue weighted by Crippen LogP contribution is -2.71. The monoisotopic (exact) mass is 462 g/mol. The van der Waals surface area contributed by atoms with Crippen molar-refractivity contribution in [2.75, 3.05) is 33.3 Å². The first kappa shape index (κ1) is 21.0. The van der Waals surface area contributed by atoms with E-state index in [0.717, 1.165) is 45.0 Å². The molecule has 5 nitrogen and oxygen atoms in total. The Hall–Kier alpha value is -0.340. The molecule has 0 amide bonds. The van der Waals surface area contributed by atoms with E-state index in [4.69, 9.17) is 4.74 Å². The number of likely N-dealkylation sites (tertiary alicyclic amines) is 1. The molecule has 0 spiro atoms. The van der Waals surface area contributed by atoms with Gasteiger partial charge in [0, 0.05) is 56.7 Å². The van der Waals surface area contributed by atoms with Crippen LogP contribution in [-0.4, -0.2) is 62.3 Å². The van der Waals surface area contributed by atoms with Crippen molar-refractivity contribution in [3.63, 3.8) is 0 Å². The minimum atomic E-state index is 0. The zero-order chi connectivity index (χ0) is 17.2. The maximum atomic E-state index is 6.01. The molecule has 25 heavy (non-hydrogen) atoms. The third kappa shape index (κ3) is 4.50. The normalized spacial score (nSPS) is 32.8. The lowest BCUT2D eigenvalue weighted by molar-refractivity contribution is -0.188. The van der Waals surface area contributed by atoms with Gasteiger partial charge in [-0.1, -0.05) is 19.9 Å². The number of aliphatic imine (C=N–C) groups is 1. The molecule has 6 heteroatoms. The molecule has 1 saturated carbocycles. The molecule has 3 rings (SSSR count). The van der Waals surface area contributed by atoms with Gasteiger partial charge in [-0.05, 0) is 25.7 Å². The number of nitrogens with zero attached hydrogens (tertiary/aromatic N) is 2. The van der Waals surface area contributed by atoms with Crippen LogP contribution >= 0.6 is 24.0 Å². The van der Waals surface area contributed by atoms with E-state index in [2.05, 4.69) is 41.0 Å². The molecule has 3 unspecified atom stereocenters. The second-order valence-electron chi connectivity index (χ2n) is 8.12. The first-order chi connectivity index (χ1) is 11.6. The third-order valence-electron chi connectivity index (χ3n) is 6.16. The zero-order valence-corrected chi connectivity index (χ0v) is 18.3. The number of rotatable bonds is 4. The Labute approximate surface area is 170 Å². The van der Waals surface area contributed by atoms with Gasteiger partial charge in [-0.15, -0.1) is 30.6 Å². The Morgan fingerprint density at radius 1 is 1.28 bits per heavy atom. The SMILES string of the molecule is C=CCN1CCC(NC(=NC)NC2C3CCCOC3C2(C)C)CC1.I. The first-order valence-corrected chi connectivity index (χ1v) is 9.51. The predicted octanol–water partition coefficient (Wildman–Crippen LogP) is 2.62. The summed E-state index contributed by atoms with van der Waals surface area (Å²) in [6, 6.07) is 0.966. The molecule has 3 fully saturated rings. The molecule has 2 saturated heterocycles. The van der Waals surface area contributed by atoms with Crippen LogP contribution in [0.25, 0.3) is 0 Å². The lowest BCUT2D eigenvalue weighted by atomic mass is 9.55. The summed E-state index contributed by atoms with van der Waals surface area (Å²) in [5.41, 5.74) is 0.177. The summed E-state index contributed by atoms with van der Waals surface area (Å²) < 4.78 is 6.01. The Morgan fingerprint density at radius 2 is 2.00 bits per heavy atom. The maximum absolute atomic E-state index is 6.01. The highest BCUT2D eigenvalue weighted by Gasteiger charge is 2.58. The quantitative estimate of drug-likeness (QED) is 0.292. The topological polar surface area (TPSA) is 48.9 Å². The summed E-state index contributed by atoms with van der Waals surface area (Å²) in [5, 5.41) is 7.35. The van der Waals surface area contributed by atoms with Gasteiger partial charge in [0.05, 0.1) is 6.10 Å². The van der Waals surface area contributed by atoms with Gasteiger partial charge in [0.2, 0.25) is 0 Å². The van der Waals surface area contributed by atoms with Crippen LogP contribution in [-0.2, 0) is 4.74 Å². The molecule has 0 aromatic heterocycles. The van der Waals surface area contributed by atoms with Crippen LogP contribution in [0, 0.1) is 11.3 Å². The van der Waals surface area contributed by atoms with E-state index in [-0.39, 0.29) is 29.4 Å². The van der Waals surface area contributed by atoms with Crippen molar-refractivity contribution in [3.8, 4) is 0 Å². The molecule has 3 atom stereocenters. The van der Waals surface area contributed by atoms with Gasteiger partial charge < -0.3 is 15.4 Å². The Kier molecular flexibility index (Phi) is 7.58. The molecule has 0 bridgehead atoms. The second-order valence-corrected chi connectivity index (χ2v) is 8.12. The van der Waals surface area contributed by atoms with Gasteiger partial charge in [0.25, 0.3) is 0 Å². The number of halogens is 1. The van der Waals surface area contributed by atoms with Crippen molar-refractivity contribution < 1.29 is 4.74 Å². The highest BCUT2D eigenvalue weighted by molar-refractivity contribution is 14.0. The summed E-state index contributed by atoms with van der Waals surface area (Å²) in [6.07, 6.45) is 7.18. The summed E-state index contributed by atoms with van der Waals surface area (Å²) in [7, 11) is 1.88. The molecule has 2 aliphatic heterocycles. The van der Waals surface area contributed by atoms with Gasteiger partial charge in [-0.2, -0.15) is 0 Å². The molecule has 0 aromatic rings. The molecule has 0 aromatic carbocycles. The minimum Gasteiger partial charge on any atom is -0.377 e. The van der Waals surface area contributed by atoms with Crippen LogP contribution in [0.5, 0.6) is 0 Å². The van der Waals surface area contributed by atoms with E-state index in [1.54, 1.807) is 0 Å². The standard InChI is InChI=1S/C19H34N4O.HI/c1-5-10-23-11-8-14(9-12-23)21-18(20-4)22-16-15-7-6-13-24-17(15)19(16,2)3;/h5,14-17H,1,6-13H2,2-4H3,(H2,20,21,22);1H. The fourth-order valence-corrected chi connectivity index (χ4v) is 4.77. The van der Waals surface area contributed by atoms with Gasteiger partial charge in [0.1, 0.15) is 0 Å². The average molecular weight is 462 g/mol. The van der Waals surface area contributed by atoms with Crippen molar-refractivity contribution >= 4 is 29.9 Å². The number of ether oxygens (including phenoxy) is 1. The number of fused-ring (bicyclic) bond motifs is 1. The van der Waals surface area contributed by atoms with E-state index in [1.807, 2.05) is 13.1 Å². The Morgan fingerprint density at radius 3 is 2.64 bits per heavy atom. The van der Waals surface area contributed by atoms with Crippen LogP contribution < -0.4 is 10.6 Å². The first-order valence-electron chi connectivity index (χ1n) is 9.51. The zero-order valence-electron chi connectivity index (χ0n) is 16.0. The van der Waals surface area contributed by atoms with Crippen LogP contribution in [0.1, 0.15) is 39.5 Å². The highest BCUT2D eigenvalue weighted by Crippen LogP contribution is 2.51. The Bertz CT molecular complexity index is 474. The largest absolute Gasteiger partial charge is 0.377 e. The maximum Gasteiger partial charge on any atom is 0.191 e. The molecule has 1 aliphatic carbocycles. The number of guanidine groups is 1. The van der Waals surface area contributed by atoms with Crippen molar-refractivity contribution in [2.24, 2.45) is 16.3 Å². The van der Waals surface area contributed by atoms with E-state index >= 15 is 0 Å². The van der Waals surface area contributed by atoms with E-state index in [1.165, 1.54) is 12.8 Å². The molecule has 2 heterocycles. The van der Waals surface area contributed by atoms with E-state index < -0.39 is 0 Å². The molecule has 2 N–H and O–H groups in total. The van der Waals surface area contributed by atoms with Crippen LogP contribution in [0.3, 0.4) is 0 Å². The van der Waals surface area contributed by atoms with Crippen molar-refractivity contribution in [1.29, 1.82) is 0 Å². The van der Waals surface area contributed by atoms with E-state index in [0.29, 0.717) is 24.1 Å². The van der Waals surface area contributed by atoms with Crippen LogP contribution in [0.2, 0.25) is 0 Å². The summed E-state index contributed by atoms with van der Waals surface area (Å²) >= 11 is 0. The number of hydrogen-bond donors (Lipinski definition) is 2. The van der Waals surface area contributed by atoms with Gasteiger partial charge >= 0.3 is 0 Å². The molecule has 144 valence electrons. The summed E-state index contributed by atoms with van der Waals surface area (Å²) in [4.78, 5) is 6.95. The molecule has 3 aliphatic rings. The van der Waals surface area contributed by atoms with E-state index in [9.17, 15) is 0 Å². The fraction of sp³-hybridized carbons (Fsp3) is 0.842. The summed E-state index contributed by atoms with van der Waals surface area (Å²) in [5.74, 6) is 1.58. The second kappa shape index (κ2) is 9.04. The van der Waals surface area contributed by atoms with Gasteiger partial charge in [-0.3, -0.25) is 9.89 Å². The number of nitrogens with one attached hydrogen (secondary N) is 2. The van der Waals surface area contributed by atoms with Crippen molar-refractivity contribution in [2.45, 2.75) is 57.7 Å². The smallest absolute Gasteiger partial charge is 0.191 e.